The van der Waals surface area contributed by atoms with Gasteiger partial charge in [-0.1, -0.05) is 17.9 Å². The molecule has 3 aromatic rings. The summed E-state index contributed by atoms with van der Waals surface area (Å²) in [5.74, 6) is 4.82. The van der Waals surface area contributed by atoms with E-state index in [0.29, 0.717) is 11.3 Å². The van der Waals surface area contributed by atoms with Crippen LogP contribution in [-0.4, -0.2) is 41.2 Å². The second-order valence-electron chi connectivity index (χ2n) is 7.47. The summed E-state index contributed by atoms with van der Waals surface area (Å²) in [7, 11) is -5.93. The number of aromatic nitrogens is 2. The first kappa shape index (κ1) is 25.1. The van der Waals surface area contributed by atoms with Crippen molar-refractivity contribution in [3.8, 4) is 23.3 Å². The van der Waals surface area contributed by atoms with E-state index in [-0.39, 0.29) is 29.1 Å². The van der Waals surface area contributed by atoms with E-state index in [1.165, 1.54) is 12.4 Å². The Hall–Kier alpha value is -3.56. The van der Waals surface area contributed by atoms with Gasteiger partial charge in [-0.2, -0.15) is 21.6 Å². The fourth-order valence-electron chi connectivity index (χ4n) is 2.70. The summed E-state index contributed by atoms with van der Waals surface area (Å²) in [5.41, 5.74) is -5.41. The number of benzene rings is 2. The quantitative estimate of drug-likeness (QED) is 0.299. The topological polar surface area (TPSA) is 111 Å². The van der Waals surface area contributed by atoms with Crippen molar-refractivity contribution < 1.29 is 35.6 Å². The first-order chi connectivity index (χ1) is 15.8. The molecule has 34 heavy (non-hydrogen) atoms. The Kier molecular flexibility index (Phi) is 6.90. The van der Waals surface area contributed by atoms with Crippen molar-refractivity contribution in [3.63, 3.8) is 0 Å². The van der Waals surface area contributed by atoms with Gasteiger partial charge in [0.2, 0.25) is 0 Å². The van der Waals surface area contributed by atoms with Gasteiger partial charge in [0.25, 0.3) is 0 Å². The van der Waals surface area contributed by atoms with Gasteiger partial charge >= 0.3 is 15.6 Å². The van der Waals surface area contributed by atoms with Crippen molar-refractivity contribution in [3.05, 3.63) is 48.3 Å². The minimum absolute atomic E-state index is 0.0442. The predicted octanol–water partition coefficient (Wildman–Crippen LogP) is 4.12. The first-order valence-electron chi connectivity index (χ1n) is 9.84. The SMILES string of the molecule is CCOc1cc2ncnc(Nc3cccc(C#CC(C)(C)O)c3)c2cc1OS(=O)(=O)C(F)(F)F. The number of aliphatic hydroxyl groups is 1. The first-order valence-corrected chi connectivity index (χ1v) is 11.2. The summed E-state index contributed by atoms with van der Waals surface area (Å²) in [5, 5.41) is 13.0. The highest BCUT2D eigenvalue weighted by molar-refractivity contribution is 7.88. The highest BCUT2D eigenvalue weighted by atomic mass is 32.2. The smallest absolute Gasteiger partial charge is 0.490 e. The predicted molar refractivity (Wildman–Crippen MR) is 119 cm³/mol. The molecule has 8 nitrogen and oxygen atoms in total. The molecule has 0 aliphatic heterocycles. The van der Waals surface area contributed by atoms with Crippen LogP contribution < -0.4 is 14.2 Å². The molecule has 0 radical (unpaired) electrons. The number of anilines is 2. The van der Waals surface area contributed by atoms with Gasteiger partial charge in [0.1, 0.15) is 17.7 Å². The van der Waals surface area contributed by atoms with Gasteiger partial charge in [-0.15, -0.1) is 0 Å². The molecule has 0 saturated carbocycles. The van der Waals surface area contributed by atoms with Gasteiger partial charge in [-0.05, 0) is 45.0 Å². The molecule has 3 rings (SSSR count). The van der Waals surface area contributed by atoms with Gasteiger partial charge in [-0.3, -0.25) is 0 Å². The second kappa shape index (κ2) is 9.36. The number of ether oxygens (including phenoxy) is 1. The van der Waals surface area contributed by atoms with Crippen LogP contribution in [0.3, 0.4) is 0 Å². The molecule has 12 heteroatoms. The van der Waals surface area contributed by atoms with Crippen LogP contribution in [0.15, 0.2) is 42.7 Å². The molecule has 180 valence electrons. The Morgan fingerprint density at radius 1 is 1.12 bits per heavy atom. The van der Waals surface area contributed by atoms with Crippen LogP contribution >= 0.6 is 0 Å². The maximum absolute atomic E-state index is 12.9. The van der Waals surface area contributed by atoms with Crippen LogP contribution in [0.25, 0.3) is 10.9 Å². The molecular weight excluding hydrogens is 475 g/mol. The van der Waals surface area contributed by atoms with E-state index in [0.717, 1.165) is 6.07 Å². The molecule has 2 N–H and O–H groups in total. The Balaban J connectivity index is 2.05. The van der Waals surface area contributed by atoms with Gasteiger partial charge in [0, 0.05) is 22.7 Å². The second-order valence-corrected chi connectivity index (χ2v) is 9.01. The fraction of sp³-hybridized carbons (Fsp3) is 0.273. The third-order valence-corrected chi connectivity index (χ3v) is 5.09. The summed E-state index contributed by atoms with van der Waals surface area (Å²) in [6, 6.07) is 9.13. The minimum Gasteiger partial charge on any atom is -0.490 e. The summed E-state index contributed by atoms with van der Waals surface area (Å²) in [6.07, 6.45) is 1.23. The number of hydrogen-bond acceptors (Lipinski definition) is 8. The van der Waals surface area contributed by atoms with E-state index < -0.39 is 27.0 Å². The van der Waals surface area contributed by atoms with E-state index in [1.807, 2.05) is 0 Å². The van der Waals surface area contributed by atoms with Crippen LogP contribution in [0.5, 0.6) is 11.5 Å². The van der Waals surface area contributed by atoms with Gasteiger partial charge in [0.05, 0.1) is 12.1 Å². The lowest BCUT2D eigenvalue weighted by Gasteiger charge is -2.15. The molecule has 2 aromatic carbocycles. The van der Waals surface area contributed by atoms with Gasteiger partial charge < -0.3 is 19.3 Å². The average molecular weight is 495 g/mol. The van der Waals surface area contributed by atoms with E-state index in [9.17, 15) is 26.7 Å². The molecule has 0 aliphatic carbocycles. The lowest BCUT2D eigenvalue weighted by atomic mass is 10.1. The van der Waals surface area contributed by atoms with E-state index in [4.69, 9.17) is 4.74 Å². The molecule has 0 saturated heterocycles. The number of hydrogen-bond donors (Lipinski definition) is 2. The lowest BCUT2D eigenvalue weighted by Crippen LogP contribution is -2.28. The molecule has 0 unspecified atom stereocenters. The summed E-state index contributed by atoms with van der Waals surface area (Å²) >= 11 is 0. The zero-order chi connectivity index (χ0) is 25.1. The highest BCUT2D eigenvalue weighted by Crippen LogP contribution is 2.38. The largest absolute Gasteiger partial charge is 0.534 e. The highest BCUT2D eigenvalue weighted by Gasteiger charge is 2.49. The van der Waals surface area contributed by atoms with E-state index in [1.54, 1.807) is 45.0 Å². The molecule has 0 spiro atoms. The van der Waals surface area contributed by atoms with Gasteiger partial charge in [-0.25, -0.2) is 9.97 Å². The molecule has 0 aliphatic rings. The Bertz CT molecular complexity index is 1370. The van der Waals surface area contributed by atoms with E-state index in [2.05, 4.69) is 31.3 Å². The standard InChI is InChI=1S/C22H20F3N3O5S/c1-4-32-18-12-17-16(11-19(18)33-34(30,31)22(23,24)25)20(27-13-26-17)28-15-7-5-6-14(10-15)8-9-21(2,3)29/h5-7,10-13,29H,4H2,1-3H3,(H,26,27,28). The number of alkyl halides is 3. The zero-order valence-corrected chi connectivity index (χ0v) is 19.1. The normalized spacial score (nSPS) is 12.1. The molecule has 0 fully saturated rings. The minimum atomic E-state index is -5.93. The van der Waals surface area contributed by atoms with Crippen LogP contribution in [0.2, 0.25) is 0 Å². The molecule has 1 heterocycles. The monoisotopic (exact) mass is 495 g/mol. The molecule has 0 amide bonds. The third kappa shape index (κ3) is 6.06. The van der Waals surface area contributed by atoms with E-state index >= 15 is 0 Å². The van der Waals surface area contributed by atoms with Crippen molar-refractivity contribution in [1.82, 2.24) is 9.97 Å². The third-order valence-electron chi connectivity index (χ3n) is 4.12. The summed E-state index contributed by atoms with van der Waals surface area (Å²) in [4.78, 5) is 8.19. The number of nitrogens with one attached hydrogen (secondary N) is 1. The maximum atomic E-state index is 12.9. The van der Waals surface area contributed by atoms with Crippen LogP contribution in [-0.2, 0) is 10.1 Å². The summed E-state index contributed by atoms with van der Waals surface area (Å²) in [6.45, 7) is 4.71. The van der Waals surface area contributed by atoms with Crippen LogP contribution in [0.4, 0.5) is 24.7 Å². The number of rotatable bonds is 6. The number of halogens is 3. The molecule has 0 bridgehead atoms. The molecule has 1 aromatic heterocycles. The zero-order valence-electron chi connectivity index (χ0n) is 18.3. The van der Waals surface area contributed by atoms with Crippen molar-refractivity contribution in [2.45, 2.75) is 31.9 Å². The Labute approximate surface area is 193 Å². The lowest BCUT2D eigenvalue weighted by molar-refractivity contribution is -0.0500. The average Bonchev–Trinajstić information content (AvgIpc) is 2.72. The molecular formula is C22H20F3N3O5S. The van der Waals surface area contributed by atoms with Crippen molar-refractivity contribution in [1.29, 1.82) is 0 Å². The summed E-state index contributed by atoms with van der Waals surface area (Å²) < 4.78 is 71.4. The fourth-order valence-corrected chi connectivity index (χ4v) is 3.16. The number of nitrogens with zero attached hydrogens (tertiary/aromatic N) is 2. The Morgan fingerprint density at radius 3 is 2.50 bits per heavy atom. The van der Waals surface area contributed by atoms with Crippen molar-refractivity contribution in [2.24, 2.45) is 0 Å². The number of fused-ring (bicyclic) bond motifs is 1. The van der Waals surface area contributed by atoms with Gasteiger partial charge in [0.15, 0.2) is 11.5 Å². The van der Waals surface area contributed by atoms with Crippen LogP contribution in [0, 0.1) is 11.8 Å². The van der Waals surface area contributed by atoms with Crippen molar-refractivity contribution in [2.75, 3.05) is 11.9 Å². The van der Waals surface area contributed by atoms with Crippen LogP contribution in [0.1, 0.15) is 26.3 Å². The molecule has 0 atom stereocenters. The van der Waals surface area contributed by atoms with Crippen molar-refractivity contribution >= 4 is 32.5 Å². The maximum Gasteiger partial charge on any atom is 0.534 e. The Morgan fingerprint density at radius 2 is 1.85 bits per heavy atom.